The summed E-state index contributed by atoms with van der Waals surface area (Å²) >= 11 is 0. The third-order valence-electron chi connectivity index (χ3n) is 3.32. The van der Waals surface area contributed by atoms with Gasteiger partial charge in [0.15, 0.2) is 0 Å². The molecule has 0 aliphatic heterocycles. The summed E-state index contributed by atoms with van der Waals surface area (Å²) in [7, 11) is 0. The molecule has 0 spiro atoms. The highest BCUT2D eigenvalue weighted by Crippen LogP contribution is 2.27. The van der Waals surface area contributed by atoms with Crippen molar-refractivity contribution in [2.75, 3.05) is 0 Å². The van der Waals surface area contributed by atoms with Crippen molar-refractivity contribution in [1.29, 1.82) is 0 Å². The Morgan fingerprint density at radius 3 is 1.82 bits per heavy atom. The van der Waals surface area contributed by atoms with E-state index in [1.807, 2.05) is 0 Å². The zero-order chi connectivity index (χ0) is 12.8. The molecule has 0 saturated carbocycles. The van der Waals surface area contributed by atoms with Crippen LogP contribution in [0.3, 0.4) is 0 Å². The minimum Gasteiger partial charge on any atom is -0.323 e. The van der Waals surface area contributed by atoms with Crippen LogP contribution in [0.2, 0.25) is 0 Å². The molecule has 0 radical (unpaired) electrons. The Labute approximate surface area is 104 Å². The second-order valence-corrected chi connectivity index (χ2v) is 6.98. The van der Waals surface area contributed by atoms with E-state index in [1.165, 1.54) is 16.6 Å². The van der Waals surface area contributed by atoms with Crippen LogP contribution in [0.15, 0.2) is 30.6 Å². The molecule has 92 valence electrons. The van der Waals surface area contributed by atoms with Gasteiger partial charge in [-0.1, -0.05) is 47.6 Å². The number of hydrogen-bond donors (Lipinski definition) is 0. The van der Waals surface area contributed by atoms with Gasteiger partial charge in [0.2, 0.25) is 0 Å². The van der Waals surface area contributed by atoms with Crippen molar-refractivity contribution in [2.45, 2.75) is 52.4 Å². The molecule has 0 atom stereocenters. The van der Waals surface area contributed by atoms with E-state index in [4.69, 9.17) is 0 Å². The lowest BCUT2D eigenvalue weighted by molar-refractivity contribution is 0.584. The van der Waals surface area contributed by atoms with Crippen molar-refractivity contribution >= 4 is 5.52 Å². The standard InChI is InChI=1S/C16H23N/c1-15(2,3)12-7-8-14-9-13(16(4,5)6)11-17(14)10-12/h7-11H,1-6H3. The lowest BCUT2D eigenvalue weighted by atomic mass is 9.88. The lowest BCUT2D eigenvalue weighted by Crippen LogP contribution is -2.11. The molecule has 0 fully saturated rings. The fraction of sp³-hybridized carbons (Fsp3) is 0.500. The normalized spacial score (nSPS) is 13.3. The summed E-state index contributed by atoms with van der Waals surface area (Å²) < 4.78 is 2.25. The summed E-state index contributed by atoms with van der Waals surface area (Å²) in [6.45, 7) is 13.5. The topological polar surface area (TPSA) is 4.41 Å². The molecule has 0 saturated heterocycles. The van der Waals surface area contributed by atoms with Gasteiger partial charge in [0.25, 0.3) is 0 Å². The van der Waals surface area contributed by atoms with E-state index in [9.17, 15) is 0 Å². The van der Waals surface area contributed by atoms with Crippen molar-refractivity contribution in [3.8, 4) is 0 Å². The van der Waals surface area contributed by atoms with E-state index in [-0.39, 0.29) is 10.8 Å². The molecule has 0 aliphatic rings. The van der Waals surface area contributed by atoms with Gasteiger partial charge in [-0.3, -0.25) is 0 Å². The van der Waals surface area contributed by atoms with E-state index >= 15 is 0 Å². The van der Waals surface area contributed by atoms with Gasteiger partial charge in [-0.15, -0.1) is 0 Å². The van der Waals surface area contributed by atoms with Crippen LogP contribution in [0.1, 0.15) is 52.7 Å². The summed E-state index contributed by atoms with van der Waals surface area (Å²) in [6, 6.07) is 6.74. The predicted octanol–water partition coefficient (Wildman–Crippen LogP) is 4.53. The minimum atomic E-state index is 0.209. The van der Waals surface area contributed by atoms with Crippen LogP contribution in [-0.2, 0) is 10.8 Å². The molecule has 2 rings (SSSR count). The van der Waals surface area contributed by atoms with E-state index < -0.39 is 0 Å². The first-order valence-corrected chi connectivity index (χ1v) is 6.31. The van der Waals surface area contributed by atoms with Crippen LogP contribution < -0.4 is 0 Å². The highest BCUT2D eigenvalue weighted by Gasteiger charge is 2.17. The third kappa shape index (κ3) is 2.38. The van der Waals surface area contributed by atoms with Crippen molar-refractivity contribution in [2.24, 2.45) is 0 Å². The second-order valence-electron chi connectivity index (χ2n) is 6.98. The van der Waals surface area contributed by atoms with E-state index in [0.717, 1.165) is 0 Å². The first kappa shape index (κ1) is 12.2. The maximum Gasteiger partial charge on any atom is 0.0453 e. The third-order valence-corrected chi connectivity index (χ3v) is 3.32. The summed E-state index contributed by atoms with van der Waals surface area (Å²) in [5.41, 5.74) is 4.47. The first-order valence-electron chi connectivity index (χ1n) is 6.31. The quantitative estimate of drug-likeness (QED) is 0.625. The van der Waals surface area contributed by atoms with Crippen molar-refractivity contribution in [3.05, 3.63) is 41.7 Å². The molecule has 0 aromatic carbocycles. The van der Waals surface area contributed by atoms with Gasteiger partial charge in [0, 0.05) is 17.9 Å². The molecule has 0 aliphatic carbocycles. The second kappa shape index (κ2) is 3.63. The van der Waals surface area contributed by atoms with Gasteiger partial charge in [0.1, 0.15) is 0 Å². The van der Waals surface area contributed by atoms with E-state index in [2.05, 4.69) is 76.5 Å². The zero-order valence-electron chi connectivity index (χ0n) is 11.8. The van der Waals surface area contributed by atoms with E-state index in [0.29, 0.717) is 0 Å². The summed E-state index contributed by atoms with van der Waals surface area (Å²) in [6.07, 6.45) is 4.51. The van der Waals surface area contributed by atoms with Crippen LogP contribution in [0.4, 0.5) is 0 Å². The molecular weight excluding hydrogens is 206 g/mol. The van der Waals surface area contributed by atoms with Crippen LogP contribution in [0.25, 0.3) is 5.52 Å². The first-order chi connectivity index (χ1) is 7.68. The Morgan fingerprint density at radius 1 is 0.765 bits per heavy atom. The molecule has 1 heteroatoms. The number of pyridine rings is 1. The molecule has 2 aromatic heterocycles. The van der Waals surface area contributed by atoms with Crippen molar-refractivity contribution in [3.63, 3.8) is 0 Å². The molecule has 0 unspecified atom stereocenters. The number of fused-ring (bicyclic) bond motifs is 1. The number of aromatic nitrogens is 1. The van der Waals surface area contributed by atoms with Crippen molar-refractivity contribution < 1.29 is 0 Å². The highest BCUT2D eigenvalue weighted by molar-refractivity contribution is 5.53. The number of rotatable bonds is 0. The molecule has 1 nitrogen and oxygen atoms in total. The van der Waals surface area contributed by atoms with Crippen molar-refractivity contribution in [1.82, 2.24) is 4.40 Å². The van der Waals surface area contributed by atoms with Crippen LogP contribution in [0, 0.1) is 0 Å². The summed E-state index contributed by atoms with van der Waals surface area (Å²) in [5.74, 6) is 0. The molecule has 2 aromatic rings. The maximum atomic E-state index is 2.28. The number of nitrogens with zero attached hydrogens (tertiary/aromatic N) is 1. The Morgan fingerprint density at radius 2 is 1.29 bits per heavy atom. The molecule has 0 N–H and O–H groups in total. The van der Waals surface area contributed by atoms with Gasteiger partial charge in [-0.05, 0) is 34.1 Å². The molecule has 17 heavy (non-hydrogen) atoms. The Bertz CT molecular complexity index is 521. The Kier molecular flexibility index (Phi) is 2.61. The smallest absolute Gasteiger partial charge is 0.0453 e. The summed E-state index contributed by atoms with van der Waals surface area (Å²) in [5, 5.41) is 0. The average Bonchev–Trinajstić information content (AvgIpc) is 2.57. The lowest BCUT2D eigenvalue weighted by Gasteiger charge is -2.19. The van der Waals surface area contributed by atoms with Gasteiger partial charge in [0.05, 0.1) is 0 Å². The van der Waals surface area contributed by atoms with E-state index in [1.54, 1.807) is 0 Å². The number of hydrogen-bond acceptors (Lipinski definition) is 0. The van der Waals surface area contributed by atoms with Gasteiger partial charge in [-0.2, -0.15) is 0 Å². The fourth-order valence-corrected chi connectivity index (χ4v) is 1.96. The largest absolute Gasteiger partial charge is 0.323 e. The monoisotopic (exact) mass is 229 g/mol. The predicted molar refractivity (Wildman–Crippen MR) is 74.8 cm³/mol. The van der Waals surface area contributed by atoms with Gasteiger partial charge < -0.3 is 4.40 Å². The van der Waals surface area contributed by atoms with Crippen LogP contribution in [-0.4, -0.2) is 4.40 Å². The van der Waals surface area contributed by atoms with Gasteiger partial charge >= 0.3 is 0 Å². The SMILES string of the molecule is CC(C)(C)c1ccc2cc(C(C)(C)C)cn2c1. The molecular formula is C16H23N. The van der Waals surface area contributed by atoms with Crippen LogP contribution in [0.5, 0.6) is 0 Å². The van der Waals surface area contributed by atoms with Crippen LogP contribution >= 0.6 is 0 Å². The zero-order valence-corrected chi connectivity index (χ0v) is 11.8. The Balaban J connectivity index is 2.56. The molecule has 0 amide bonds. The Hall–Kier alpha value is -1.24. The molecule has 0 bridgehead atoms. The average molecular weight is 229 g/mol. The summed E-state index contributed by atoms with van der Waals surface area (Å²) in [4.78, 5) is 0. The maximum absolute atomic E-state index is 2.28. The fourth-order valence-electron chi connectivity index (χ4n) is 1.96. The highest BCUT2D eigenvalue weighted by atomic mass is 14.9. The minimum absolute atomic E-state index is 0.209. The molecule has 2 heterocycles. The van der Waals surface area contributed by atoms with Gasteiger partial charge in [-0.25, -0.2) is 0 Å².